The lowest BCUT2D eigenvalue weighted by Crippen LogP contribution is -2.48. The molecule has 1 saturated heterocycles. The summed E-state index contributed by atoms with van der Waals surface area (Å²) in [4.78, 5) is 42.7. The minimum absolute atomic E-state index is 0.0770. The number of benzene rings is 2. The summed E-state index contributed by atoms with van der Waals surface area (Å²) in [5, 5.41) is 14.7. The predicted octanol–water partition coefficient (Wildman–Crippen LogP) is 5.95. The molecule has 2 amide bonds. The fraction of sp³-hybridized carbons (Fsp3) is 0.484. The molecule has 1 aliphatic rings. The zero-order chi connectivity index (χ0) is 30.3. The number of carbonyl (C=O) groups is 2. The van der Waals surface area contributed by atoms with Gasteiger partial charge >= 0.3 is 6.09 Å². The summed E-state index contributed by atoms with van der Waals surface area (Å²) in [5.41, 5.74) is 2.36. The molecule has 4 rings (SSSR count). The second-order valence-electron chi connectivity index (χ2n) is 11.6. The molecule has 11 heteroatoms. The van der Waals surface area contributed by atoms with Crippen molar-refractivity contribution < 1.29 is 24.0 Å². The summed E-state index contributed by atoms with van der Waals surface area (Å²) in [6.45, 7) is 10.7. The highest BCUT2D eigenvalue weighted by atomic mass is 16.6. The number of ether oxygens (including phenoxy) is 2. The van der Waals surface area contributed by atoms with Crippen LogP contribution in [0.4, 0.5) is 16.2 Å². The van der Waals surface area contributed by atoms with E-state index in [1.165, 1.54) is 12.1 Å². The SMILES string of the molecule is CC(NC(=O)OC(C)(C)C)c1c[nH]c2ccc(OCCCCCC(=O)N3CCN(c4ccc([N+](=O)[O-])cc4)CC3)cc12. The van der Waals surface area contributed by atoms with Crippen molar-refractivity contribution >= 4 is 34.3 Å². The quantitative estimate of drug-likeness (QED) is 0.163. The number of nitro benzene ring substituents is 1. The Morgan fingerprint density at radius 3 is 2.43 bits per heavy atom. The van der Waals surface area contributed by atoms with Crippen LogP contribution in [0.15, 0.2) is 48.7 Å². The number of nitrogens with zero attached hydrogens (tertiary/aromatic N) is 3. The average Bonchev–Trinajstić information content (AvgIpc) is 3.37. The molecule has 42 heavy (non-hydrogen) atoms. The summed E-state index contributed by atoms with van der Waals surface area (Å²) in [7, 11) is 0. The molecule has 3 aromatic rings. The number of hydrogen-bond donors (Lipinski definition) is 2. The number of H-pyrrole nitrogens is 1. The van der Waals surface area contributed by atoms with Crippen LogP contribution in [-0.2, 0) is 9.53 Å². The molecular weight excluding hydrogens is 538 g/mol. The fourth-order valence-corrected chi connectivity index (χ4v) is 5.03. The molecule has 0 aliphatic carbocycles. The zero-order valence-corrected chi connectivity index (χ0v) is 24.9. The van der Waals surface area contributed by atoms with Crippen LogP contribution in [0, 0.1) is 10.1 Å². The second kappa shape index (κ2) is 13.6. The van der Waals surface area contributed by atoms with Gasteiger partial charge in [-0.1, -0.05) is 0 Å². The number of piperazine rings is 1. The van der Waals surface area contributed by atoms with E-state index >= 15 is 0 Å². The highest BCUT2D eigenvalue weighted by molar-refractivity contribution is 5.85. The number of nitrogens with one attached hydrogen (secondary N) is 2. The van der Waals surface area contributed by atoms with E-state index < -0.39 is 16.6 Å². The lowest BCUT2D eigenvalue weighted by molar-refractivity contribution is -0.384. The van der Waals surface area contributed by atoms with Crippen molar-refractivity contribution in [3.8, 4) is 5.75 Å². The van der Waals surface area contributed by atoms with E-state index in [1.54, 1.807) is 12.1 Å². The third kappa shape index (κ3) is 8.37. The molecule has 1 fully saturated rings. The van der Waals surface area contributed by atoms with Crippen molar-refractivity contribution in [2.75, 3.05) is 37.7 Å². The van der Waals surface area contributed by atoms with Crippen LogP contribution in [0.2, 0.25) is 0 Å². The molecule has 226 valence electrons. The first-order chi connectivity index (χ1) is 20.0. The first-order valence-corrected chi connectivity index (χ1v) is 14.5. The Labute approximate surface area is 246 Å². The van der Waals surface area contributed by atoms with E-state index in [1.807, 2.05) is 57.0 Å². The van der Waals surface area contributed by atoms with Crippen molar-refractivity contribution in [1.82, 2.24) is 15.2 Å². The highest BCUT2D eigenvalue weighted by Gasteiger charge is 2.22. The van der Waals surface area contributed by atoms with Crippen LogP contribution in [0.25, 0.3) is 10.9 Å². The Morgan fingerprint density at radius 1 is 1.05 bits per heavy atom. The number of anilines is 1. The zero-order valence-electron chi connectivity index (χ0n) is 24.9. The number of rotatable bonds is 11. The third-order valence-corrected chi connectivity index (χ3v) is 7.25. The maximum absolute atomic E-state index is 12.7. The normalized spacial score (nSPS) is 14.5. The second-order valence-corrected chi connectivity index (χ2v) is 11.6. The minimum atomic E-state index is -0.563. The molecule has 1 atom stereocenters. The number of hydrogen-bond acceptors (Lipinski definition) is 7. The lowest BCUT2D eigenvalue weighted by Gasteiger charge is -2.36. The lowest BCUT2D eigenvalue weighted by atomic mass is 10.1. The molecule has 2 heterocycles. The number of aromatic amines is 1. The average molecular weight is 580 g/mol. The van der Waals surface area contributed by atoms with Crippen LogP contribution in [0.1, 0.15) is 65.0 Å². The summed E-state index contributed by atoms with van der Waals surface area (Å²) in [5.74, 6) is 0.925. The van der Waals surface area contributed by atoms with Crippen molar-refractivity contribution in [3.63, 3.8) is 0 Å². The number of alkyl carbamates (subject to hydrolysis) is 1. The first kappa shape index (κ1) is 30.7. The number of non-ortho nitro benzene ring substituents is 1. The molecule has 1 unspecified atom stereocenters. The number of nitro groups is 1. The molecule has 0 saturated carbocycles. The number of fused-ring (bicyclic) bond motifs is 1. The molecule has 1 aromatic heterocycles. The smallest absolute Gasteiger partial charge is 0.408 e. The van der Waals surface area contributed by atoms with E-state index in [0.717, 1.165) is 47.2 Å². The molecule has 1 aliphatic heterocycles. The molecule has 2 N–H and O–H groups in total. The molecule has 0 bridgehead atoms. The van der Waals surface area contributed by atoms with Gasteiger partial charge < -0.3 is 29.6 Å². The van der Waals surface area contributed by atoms with Crippen molar-refractivity contribution in [2.24, 2.45) is 0 Å². The van der Waals surface area contributed by atoms with Crippen molar-refractivity contribution in [2.45, 2.75) is 65.0 Å². The maximum Gasteiger partial charge on any atom is 0.408 e. The predicted molar refractivity (Wildman–Crippen MR) is 162 cm³/mol. The van der Waals surface area contributed by atoms with Crippen LogP contribution in [0.3, 0.4) is 0 Å². The Balaban J connectivity index is 1.15. The standard InChI is InChI=1S/C31H41N5O6/c1-22(33-30(38)42-31(2,3)4)27-21-32-28-14-13-25(20-26(27)28)41-19-7-5-6-8-29(37)35-17-15-34(16-18-35)23-9-11-24(12-10-23)36(39)40/h9-14,20-22,32H,5-8,15-19H2,1-4H3,(H,33,38). The van der Waals surface area contributed by atoms with E-state index in [4.69, 9.17) is 9.47 Å². The Morgan fingerprint density at radius 2 is 1.76 bits per heavy atom. The third-order valence-electron chi connectivity index (χ3n) is 7.25. The van der Waals surface area contributed by atoms with Crippen LogP contribution >= 0.6 is 0 Å². The van der Waals surface area contributed by atoms with E-state index in [0.29, 0.717) is 39.2 Å². The molecule has 11 nitrogen and oxygen atoms in total. The summed E-state index contributed by atoms with van der Waals surface area (Å²) in [6.07, 6.45) is 4.49. The van der Waals surface area contributed by atoms with Gasteiger partial charge in [-0.2, -0.15) is 0 Å². The number of unbranched alkanes of at least 4 members (excludes halogenated alkanes) is 2. The maximum atomic E-state index is 12.7. The summed E-state index contributed by atoms with van der Waals surface area (Å²) in [6, 6.07) is 12.2. The minimum Gasteiger partial charge on any atom is -0.494 e. The Bertz CT molecular complexity index is 1370. The monoisotopic (exact) mass is 579 g/mol. The molecule has 2 aromatic carbocycles. The van der Waals surface area contributed by atoms with Gasteiger partial charge in [-0.05, 0) is 82.9 Å². The topological polar surface area (TPSA) is 130 Å². The largest absolute Gasteiger partial charge is 0.494 e. The Hall–Kier alpha value is -4.28. The molecular formula is C31H41N5O6. The molecule has 0 radical (unpaired) electrons. The van der Waals surface area contributed by atoms with Gasteiger partial charge in [0.05, 0.1) is 17.6 Å². The van der Waals surface area contributed by atoms with E-state index in [2.05, 4.69) is 15.2 Å². The van der Waals surface area contributed by atoms with Gasteiger partial charge in [-0.3, -0.25) is 14.9 Å². The van der Waals surface area contributed by atoms with Crippen molar-refractivity contribution in [3.05, 3.63) is 64.3 Å². The van der Waals surface area contributed by atoms with Gasteiger partial charge in [0, 0.05) is 67.5 Å². The number of amides is 2. The van der Waals surface area contributed by atoms with Crippen LogP contribution < -0.4 is 15.0 Å². The van der Waals surface area contributed by atoms with E-state index in [9.17, 15) is 19.7 Å². The summed E-state index contributed by atoms with van der Waals surface area (Å²) >= 11 is 0. The number of carbonyl (C=O) groups excluding carboxylic acids is 2. The Kier molecular flexibility index (Phi) is 9.92. The molecule has 0 spiro atoms. The van der Waals surface area contributed by atoms with Gasteiger partial charge in [0.2, 0.25) is 5.91 Å². The van der Waals surface area contributed by atoms with Gasteiger partial charge in [0.1, 0.15) is 11.4 Å². The highest BCUT2D eigenvalue weighted by Crippen LogP contribution is 2.28. The van der Waals surface area contributed by atoms with Gasteiger partial charge in [-0.25, -0.2) is 4.79 Å². The van der Waals surface area contributed by atoms with Gasteiger partial charge in [-0.15, -0.1) is 0 Å². The van der Waals surface area contributed by atoms with Crippen molar-refractivity contribution in [1.29, 1.82) is 0 Å². The fourth-order valence-electron chi connectivity index (χ4n) is 5.03. The van der Waals surface area contributed by atoms with E-state index in [-0.39, 0.29) is 17.6 Å². The summed E-state index contributed by atoms with van der Waals surface area (Å²) < 4.78 is 11.4. The van der Waals surface area contributed by atoms with Gasteiger partial charge in [0.15, 0.2) is 0 Å². The van der Waals surface area contributed by atoms with Gasteiger partial charge in [0.25, 0.3) is 5.69 Å². The number of aromatic nitrogens is 1. The van der Waals surface area contributed by atoms with Crippen LogP contribution in [0.5, 0.6) is 5.75 Å². The van der Waals surface area contributed by atoms with Crippen LogP contribution in [-0.4, -0.2) is 65.2 Å². The first-order valence-electron chi connectivity index (χ1n) is 14.5.